The summed E-state index contributed by atoms with van der Waals surface area (Å²) >= 11 is 0. The Morgan fingerprint density at radius 3 is 2.58 bits per heavy atom. The summed E-state index contributed by atoms with van der Waals surface area (Å²) in [4.78, 5) is 12.4. The van der Waals surface area contributed by atoms with E-state index in [2.05, 4.69) is 27.3 Å². The summed E-state index contributed by atoms with van der Waals surface area (Å²) in [6.45, 7) is 7.63. The Hall–Kier alpha value is -2.11. The Bertz CT molecular complexity index is 650. The van der Waals surface area contributed by atoms with E-state index in [4.69, 9.17) is 4.74 Å². The van der Waals surface area contributed by atoms with Gasteiger partial charge in [0.1, 0.15) is 0 Å². The van der Waals surface area contributed by atoms with Gasteiger partial charge in [0.05, 0.1) is 12.2 Å². The van der Waals surface area contributed by atoms with Crippen molar-refractivity contribution in [2.75, 3.05) is 33.4 Å². The molecule has 5 heteroatoms. The van der Waals surface area contributed by atoms with Crippen LogP contribution in [-0.2, 0) is 11.3 Å². The summed E-state index contributed by atoms with van der Waals surface area (Å²) < 4.78 is 7.15. The fourth-order valence-corrected chi connectivity index (χ4v) is 2.70. The average molecular weight is 329 g/mol. The van der Waals surface area contributed by atoms with Crippen LogP contribution in [0.4, 0.5) is 0 Å². The summed E-state index contributed by atoms with van der Waals surface area (Å²) in [6, 6.07) is 12.3. The van der Waals surface area contributed by atoms with E-state index in [1.807, 2.05) is 38.1 Å². The number of aromatic nitrogens is 1. The highest BCUT2D eigenvalue weighted by Crippen LogP contribution is 2.17. The molecule has 1 amide bonds. The molecule has 0 spiro atoms. The van der Waals surface area contributed by atoms with Crippen molar-refractivity contribution < 1.29 is 9.53 Å². The second-order valence-electron chi connectivity index (χ2n) is 5.86. The molecule has 24 heavy (non-hydrogen) atoms. The van der Waals surface area contributed by atoms with Gasteiger partial charge in [0.25, 0.3) is 5.91 Å². The van der Waals surface area contributed by atoms with Crippen molar-refractivity contribution in [3.05, 3.63) is 58.9 Å². The molecule has 1 aromatic heterocycles. The predicted octanol–water partition coefficient (Wildman–Crippen LogP) is 2.12. The molecule has 2 rings (SSSR count). The third-order valence-electron chi connectivity index (χ3n) is 4.07. The Kier molecular flexibility index (Phi) is 7.03. The van der Waals surface area contributed by atoms with Crippen molar-refractivity contribution >= 4 is 5.91 Å². The smallest absolute Gasteiger partial charge is 0.253 e. The van der Waals surface area contributed by atoms with Crippen LogP contribution >= 0.6 is 0 Å². The van der Waals surface area contributed by atoms with Crippen LogP contribution in [0.1, 0.15) is 27.3 Å². The molecule has 0 aliphatic rings. The van der Waals surface area contributed by atoms with Gasteiger partial charge in [-0.05, 0) is 25.5 Å². The minimum absolute atomic E-state index is 0.0176. The van der Waals surface area contributed by atoms with Gasteiger partial charge in [0, 0.05) is 44.7 Å². The fraction of sp³-hybridized carbons (Fsp3) is 0.421. The van der Waals surface area contributed by atoms with E-state index in [0.717, 1.165) is 36.6 Å². The number of hydrogen-bond acceptors (Lipinski definition) is 3. The number of ether oxygens (including phenoxy) is 1. The first-order chi connectivity index (χ1) is 11.6. The van der Waals surface area contributed by atoms with Crippen molar-refractivity contribution in [3.8, 4) is 0 Å². The number of amides is 1. The molecule has 5 nitrogen and oxygen atoms in total. The third-order valence-corrected chi connectivity index (χ3v) is 4.07. The average Bonchev–Trinajstić information content (AvgIpc) is 2.87. The minimum atomic E-state index is -0.0176. The number of aryl methyl sites for hydroxylation is 1. The lowest BCUT2D eigenvalue weighted by molar-refractivity contribution is 0.0953. The fourth-order valence-electron chi connectivity index (χ4n) is 2.70. The molecular formula is C19H27N3O2. The molecule has 2 aromatic rings. The summed E-state index contributed by atoms with van der Waals surface area (Å²) in [5, 5.41) is 6.18. The van der Waals surface area contributed by atoms with Gasteiger partial charge in [-0.1, -0.05) is 30.3 Å². The van der Waals surface area contributed by atoms with Crippen LogP contribution in [-0.4, -0.2) is 43.8 Å². The van der Waals surface area contributed by atoms with E-state index in [1.165, 1.54) is 5.56 Å². The van der Waals surface area contributed by atoms with E-state index in [1.54, 1.807) is 7.11 Å². The monoisotopic (exact) mass is 329 g/mol. The predicted molar refractivity (Wildman–Crippen MR) is 96.5 cm³/mol. The van der Waals surface area contributed by atoms with Crippen LogP contribution in [0.5, 0.6) is 0 Å². The number of nitrogens with one attached hydrogen (secondary N) is 2. The lowest BCUT2D eigenvalue weighted by Crippen LogP contribution is -2.33. The van der Waals surface area contributed by atoms with Crippen LogP contribution in [0, 0.1) is 13.8 Å². The highest BCUT2D eigenvalue weighted by molar-refractivity contribution is 5.95. The van der Waals surface area contributed by atoms with Crippen molar-refractivity contribution in [2.45, 2.75) is 20.4 Å². The maximum absolute atomic E-state index is 12.4. The van der Waals surface area contributed by atoms with E-state index in [-0.39, 0.29) is 5.91 Å². The van der Waals surface area contributed by atoms with E-state index in [0.29, 0.717) is 13.2 Å². The zero-order valence-corrected chi connectivity index (χ0v) is 14.8. The molecule has 0 atom stereocenters. The van der Waals surface area contributed by atoms with Crippen LogP contribution in [0.3, 0.4) is 0 Å². The molecule has 0 radical (unpaired) electrons. The second-order valence-corrected chi connectivity index (χ2v) is 5.86. The van der Waals surface area contributed by atoms with E-state index in [9.17, 15) is 4.79 Å². The van der Waals surface area contributed by atoms with Gasteiger partial charge in [-0.2, -0.15) is 0 Å². The Balaban J connectivity index is 1.93. The van der Waals surface area contributed by atoms with Gasteiger partial charge in [-0.15, -0.1) is 0 Å². The van der Waals surface area contributed by atoms with Gasteiger partial charge >= 0.3 is 0 Å². The standard InChI is InChI=1S/C19H27N3O2/c1-15-13-18(19(23)21-10-9-20-11-12-24-3)16(2)22(15)14-17-7-5-4-6-8-17/h4-8,13,20H,9-12,14H2,1-3H3,(H,21,23). The first-order valence-electron chi connectivity index (χ1n) is 8.32. The number of nitrogens with zero attached hydrogens (tertiary/aromatic N) is 1. The van der Waals surface area contributed by atoms with Crippen molar-refractivity contribution in [1.82, 2.24) is 15.2 Å². The molecular weight excluding hydrogens is 302 g/mol. The minimum Gasteiger partial charge on any atom is -0.383 e. The molecule has 0 fully saturated rings. The molecule has 0 aliphatic carbocycles. The number of carbonyl (C=O) groups is 1. The molecule has 0 unspecified atom stereocenters. The Labute approximate surface area is 144 Å². The molecule has 0 bridgehead atoms. The molecule has 2 N–H and O–H groups in total. The highest BCUT2D eigenvalue weighted by Gasteiger charge is 2.15. The van der Waals surface area contributed by atoms with Gasteiger partial charge < -0.3 is 19.9 Å². The molecule has 1 aromatic carbocycles. The maximum Gasteiger partial charge on any atom is 0.253 e. The third kappa shape index (κ3) is 4.94. The molecule has 0 aliphatic heterocycles. The van der Waals surface area contributed by atoms with E-state index >= 15 is 0 Å². The zero-order chi connectivity index (χ0) is 17.4. The second kappa shape index (κ2) is 9.25. The zero-order valence-electron chi connectivity index (χ0n) is 14.8. The molecule has 130 valence electrons. The lowest BCUT2D eigenvalue weighted by Gasteiger charge is -2.10. The Morgan fingerprint density at radius 1 is 1.12 bits per heavy atom. The first kappa shape index (κ1) is 18.2. The van der Waals surface area contributed by atoms with Crippen LogP contribution < -0.4 is 10.6 Å². The number of rotatable bonds is 9. The number of benzene rings is 1. The van der Waals surface area contributed by atoms with Crippen LogP contribution in [0.15, 0.2) is 36.4 Å². The number of methoxy groups -OCH3 is 1. The van der Waals surface area contributed by atoms with Crippen LogP contribution in [0.25, 0.3) is 0 Å². The van der Waals surface area contributed by atoms with Crippen molar-refractivity contribution in [3.63, 3.8) is 0 Å². The highest BCUT2D eigenvalue weighted by atomic mass is 16.5. The SMILES string of the molecule is COCCNCCNC(=O)c1cc(C)n(Cc2ccccc2)c1C. The lowest BCUT2D eigenvalue weighted by atomic mass is 10.2. The quantitative estimate of drug-likeness (QED) is 0.693. The summed E-state index contributed by atoms with van der Waals surface area (Å²) in [5.74, 6) is -0.0176. The number of carbonyl (C=O) groups excluding carboxylic acids is 1. The van der Waals surface area contributed by atoms with Gasteiger partial charge in [0.2, 0.25) is 0 Å². The van der Waals surface area contributed by atoms with Gasteiger partial charge in [-0.25, -0.2) is 0 Å². The molecule has 0 saturated heterocycles. The maximum atomic E-state index is 12.4. The first-order valence-corrected chi connectivity index (χ1v) is 8.32. The van der Waals surface area contributed by atoms with Crippen molar-refractivity contribution in [2.24, 2.45) is 0 Å². The molecule has 1 heterocycles. The van der Waals surface area contributed by atoms with Gasteiger partial charge in [0.15, 0.2) is 0 Å². The summed E-state index contributed by atoms with van der Waals surface area (Å²) in [7, 11) is 1.68. The van der Waals surface area contributed by atoms with Crippen LogP contribution in [0.2, 0.25) is 0 Å². The Morgan fingerprint density at radius 2 is 1.88 bits per heavy atom. The summed E-state index contributed by atoms with van der Waals surface area (Å²) in [5.41, 5.74) is 4.08. The topological polar surface area (TPSA) is 55.3 Å². The normalized spacial score (nSPS) is 10.8. The summed E-state index contributed by atoms with van der Waals surface area (Å²) in [6.07, 6.45) is 0. The molecule has 0 saturated carbocycles. The van der Waals surface area contributed by atoms with Gasteiger partial charge in [-0.3, -0.25) is 4.79 Å². The van der Waals surface area contributed by atoms with Crippen molar-refractivity contribution in [1.29, 1.82) is 0 Å². The van der Waals surface area contributed by atoms with E-state index < -0.39 is 0 Å². The largest absolute Gasteiger partial charge is 0.383 e. The number of hydrogen-bond donors (Lipinski definition) is 2.